The number of H-pyrrole nitrogens is 1. The normalized spacial score (nSPS) is 11.9. The van der Waals surface area contributed by atoms with Crippen LogP contribution in [0, 0.1) is 0 Å². The molecule has 0 aliphatic carbocycles. The highest BCUT2D eigenvalue weighted by Gasteiger charge is 2.12. The van der Waals surface area contributed by atoms with Gasteiger partial charge in [-0.3, -0.25) is 9.59 Å². The van der Waals surface area contributed by atoms with Gasteiger partial charge in [-0.05, 0) is 31.7 Å². The number of rotatable bonds is 4. The van der Waals surface area contributed by atoms with Gasteiger partial charge in [0.25, 0.3) is 5.91 Å². The SMILES string of the molecule is CNC(C)c1ccccc1NC(=O)c1cccc(=O)[nH]1. The van der Waals surface area contributed by atoms with E-state index >= 15 is 0 Å². The molecule has 3 N–H and O–H groups in total. The topological polar surface area (TPSA) is 74.0 Å². The number of carbonyl (C=O) groups excluding carboxylic acids is 1. The van der Waals surface area contributed by atoms with Gasteiger partial charge in [0, 0.05) is 17.8 Å². The van der Waals surface area contributed by atoms with Crippen LogP contribution in [0.15, 0.2) is 47.3 Å². The quantitative estimate of drug-likeness (QED) is 0.795. The van der Waals surface area contributed by atoms with Crippen molar-refractivity contribution in [3.63, 3.8) is 0 Å². The second kappa shape index (κ2) is 6.16. The highest BCUT2D eigenvalue weighted by Crippen LogP contribution is 2.22. The summed E-state index contributed by atoms with van der Waals surface area (Å²) in [5.74, 6) is -0.335. The number of pyridine rings is 1. The summed E-state index contributed by atoms with van der Waals surface area (Å²) >= 11 is 0. The van der Waals surface area contributed by atoms with E-state index in [9.17, 15) is 9.59 Å². The first-order valence-corrected chi connectivity index (χ1v) is 6.38. The Balaban J connectivity index is 2.26. The van der Waals surface area contributed by atoms with Crippen molar-refractivity contribution in [2.24, 2.45) is 0 Å². The summed E-state index contributed by atoms with van der Waals surface area (Å²) < 4.78 is 0. The Hall–Kier alpha value is -2.40. The minimum atomic E-state index is -0.335. The van der Waals surface area contributed by atoms with Crippen LogP contribution in [-0.2, 0) is 0 Å². The summed E-state index contributed by atoms with van der Waals surface area (Å²) in [6.45, 7) is 2.01. The Morgan fingerprint density at radius 2 is 1.90 bits per heavy atom. The van der Waals surface area contributed by atoms with Gasteiger partial charge in [-0.2, -0.15) is 0 Å². The summed E-state index contributed by atoms with van der Waals surface area (Å²) in [5.41, 5.74) is 1.66. The van der Waals surface area contributed by atoms with Crippen molar-refractivity contribution >= 4 is 11.6 Å². The molecule has 1 aromatic heterocycles. The van der Waals surface area contributed by atoms with Gasteiger partial charge in [-0.1, -0.05) is 24.3 Å². The van der Waals surface area contributed by atoms with Crippen molar-refractivity contribution in [2.45, 2.75) is 13.0 Å². The molecular formula is C15H17N3O2. The first-order valence-electron chi connectivity index (χ1n) is 6.38. The van der Waals surface area contributed by atoms with E-state index in [0.717, 1.165) is 11.3 Å². The lowest BCUT2D eigenvalue weighted by Crippen LogP contribution is -2.20. The van der Waals surface area contributed by atoms with Gasteiger partial charge >= 0.3 is 0 Å². The number of benzene rings is 1. The van der Waals surface area contributed by atoms with Gasteiger partial charge in [-0.15, -0.1) is 0 Å². The zero-order chi connectivity index (χ0) is 14.5. The van der Waals surface area contributed by atoms with E-state index in [0.29, 0.717) is 0 Å². The van der Waals surface area contributed by atoms with Crippen LogP contribution in [0.1, 0.15) is 29.0 Å². The molecule has 2 aromatic rings. The molecule has 5 nitrogen and oxygen atoms in total. The summed E-state index contributed by atoms with van der Waals surface area (Å²) in [4.78, 5) is 25.9. The van der Waals surface area contributed by atoms with Gasteiger partial charge in [0.05, 0.1) is 0 Å². The summed E-state index contributed by atoms with van der Waals surface area (Å²) in [7, 11) is 1.86. The highest BCUT2D eigenvalue weighted by molar-refractivity contribution is 6.03. The van der Waals surface area contributed by atoms with E-state index in [2.05, 4.69) is 15.6 Å². The van der Waals surface area contributed by atoms with Crippen molar-refractivity contribution in [2.75, 3.05) is 12.4 Å². The van der Waals surface area contributed by atoms with E-state index in [4.69, 9.17) is 0 Å². The second-order valence-electron chi connectivity index (χ2n) is 4.48. The van der Waals surface area contributed by atoms with Gasteiger partial charge in [-0.25, -0.2) is 0 Å². The number of amides is 1. The maximum absolute atomic E-state index is 12.1. The summed E-state index contributed by atoms with van der Waals surface area (Å²) in [5, 5.41) is 5.95. The second-order valence-corrected chi connectivity index (χ2v) is 4.48. The maximum Gasteiger partial charge on any atom is 0.272 e. The first-order chi connectivity index (χ1) is 9.61. The number of aromatic amines is 1. The van der Waals surface area contributed by atoms with E-state index in [-0.39, 0.29) is 23.2 Å². The number of nitrogens with one attached hydrogen (secondary N) is 3. The molecule has 0 saturated heterocycles. The summed E-state index contributed by atoms with van der Waals surface area (Å²) in [6, 6.07) is 12.2. The molecule has 0 bridgehead atoms. The fourth-order valence-corrected chi connectivity index (χ4v) is 1.91. The minimum absolute atomic E-state index is 0.112. The van der Waals surface area contributed by atoms with Crippen molar-refractivity contribution in [1.29, 1.82) is 0 Å². The molecule has 0 aliphatic heterocycles. The number of anilines is 1. The lowest BCUT2D eigenvalue weighted by Gasteiger charge is -2.16. The lowest BCUT2D eigenvalue weighted by atomic mass is 10.1. The third kappa shape index (κ3) is 3.13. The van der Waals surface area contributed by atoms with Crippen LogP contribution >= 0.6 is 0 Å². The lowest BCUT2D eigenvalue weighted by molar-refractivity contribution is 0.102. The number of hydrogen-bond acceptors (Lipinski definition) is 3. The number of para-hydroxylation sites is 1. The van der Waals surface area contributed by atoms with Crippen LogP contribution in [0.25, 0.3) is 0 Å². The fourth-order valence-electron chi connectivity index (χ4n) is 1.91. The molecule has 1 heterocycles. The molecule has 5 heteroatoms. The van der Waals surface area contributed by atoms with E-state index in [1.54, 1.807) is 12.1 Å². The first kappa shape index (κ1) is 14.0. The van der Waals surface area contributed by atoms with Crippen molar-refractivity contribution in [3.05, 3.63) is 64.1 Å². The monoisotopic (exact) mass is 271 g/mol. The molecule has 0 aliphatic rings. The van der Waals surface area contributed by atoms with E-state index in [1.807, 2.05) is 38.2 Å². The molecule has 0 spiro atoms. The van der Waals surface area contributed by atoms with Crippen LogP contribution in [0.5, 0.6) is 0 Å². The molecule has 1 aromatic carbocycles. The summed E-state index contributed by atoms with van der Waals surface area (Å²) in [6.07, 6.45) is 0. The Morgan fingerprint density at radius 1 is 1.15 bits per heavy atom. The molecule has 1 amide bonds. The van der Waals surface area contributed by atoms with Crippen molar-refractivity contribution in [3.8, 4) is 0 Å². The van der Waals surface area contributed by atoms with Gasteiger partial charge in [0.15, 0.2) is 0 Å². The predicted octanol–water partition coefficient (Wildman–Crippen LogP) is 1.91. The van der Waals surface area contributed by atoms with E-state index < -0.39 is 0 Å². The fraction of sp³-hybridized carbons (Fsp3) is 0.200. The third-order valence-electron chi connectivity index (χ3n) is 3.12. The Bertz CT molecular complexity index is 664. The standard InChI is InChI=1S/C15H17N3O2/c1-10(16-2)11-6-3-4-7-12(11)18-15(20)13-8-5-9-14(19)17-13/h3-10,16H,1-2H3,(H,17,19)(H,18,20). The van der Waals surface area contributed by atoms with Crippen LogP contribution in [0.4, 0.5) is 5.69 Å². The van der Waals surface area contributed by atoms with Gasteiger partial charge in [0.2, 0.25) is 5.56 Å². The molecule has 104 valence electrons. The third-order valence-corrected chi connectivity index (χ3v) is 3.12. The Morgan fingerprint density at radius 3 is 2.60 bits per heavy atom. The number of carbonyl (C=O) groups is 1. The van der Waals surface area contributed by atoms with E-state index in [1.165, 1.54) is 6.07 Å². The number of hydrogen-bond donors (Lipinski definition) is 3. The van der Waals surface area contributed by atoms with Gasteiger partial charge in [0.1, 0.15) is 5.69 Å². The van der Waals surface area contributed by atoms with Crippen LogP contribution in [-0.4, -0.2) is 17.9 Å². The molecule has 0 radical (unpaired) electrons. The number of aromatic nitrogens is 1. The molecule has 2 rings (SSSR count). The average Bonchev–Trinajstić information content (AvgIpc) is 2.47. The molecule has 1 atom stereocenters. The maximum atomic E-state index is 12.1. The highest BCUT2D eigenvalue weighted by atomic mass is 16.2. The Kier molecular flexibility index (Phi) is 4.32. The largest absolute Gasteiger partial charge is 0.320 e. The molecule has 20 heavy (non-hydrogen) atoms. The smallest absolute Gasteiger partial charge is 0.272 e. The van der Waals surface area contributed by atoms with Gasteiger partial charge < -0.3 is 15.6 Å². The molecule has 0 saturated carbocycles. The molecule has 1 unspecified atom stereocenters. The molecular weight excluding hydrogens is 254 g/mol. The zero-order valence-corrected chi connectivity index (χ0v) is 11.4. The van der Waals surface area contributed by atoms with Crippen LogP contribution < -0.4 is 16.2 Å². The average molecular weight is 271 g/mol. The predicted molar refractivity (Wildman–Crippen MR) is 78.9 cm³/mol. The zero-order valence-electron chi connectivity index (χ0n) is 11.4. The minimum Gasteiger partial charge on any atom is -0.320 e. The van der Waals surface area contributed by atoms with Crippen LogP contribution in [0.3, 0.4) is 0 Å². The van der Waals surface area contributed by atoms with Crippen molar-refractivity contribution in [1.82, 2.24) is 10.3 Å². The van der Waals surface area contributed by atoms with Crippen molar-refractivity contribution < 1.29 is 4.79 Å². The molecule has 0 fully saturated rings. The van der Waals surface area contributed by atoms with Crippen LogP contribution in [0.2, 0.25) is 0 Å². The Labute approximate surface area is 117 Å².